The number of halogens is 1. The van der Waals surface area contributed by atoms with Crippen molar-refractivity contribution in [3.8, 4) is 0 Å². The van der Waals surface area contributed by atoms with Gasteiger partial charge in [0.15, 0.2) is 0 Å². The molecular formula is C8H12FN. The summed E-state index contributed by atoms with van der Waals surface area (Å²) in [4.78, 5) is 4.18. The molecule has 0 aromatic carbocycles. The Bertz CT molecular complexity index is 220. The molecule has 0 amide bonds. The maximum absolute atomic E-state index is 4.18. The van der Waals surface area contributed by atoms with E-state index in [0.717, 1.165) is 5.69 Å². The van der Waals surface area contributed by atoms with Crippen LogP contribution in [0, 0.1) is 20.8 Å². The van der Waals surface area contributed by atoms with E-state index in [1.165, 1.54) is 11.1 Å². The molecule has 0 aliphatic rings. The minimum absolute atomic E-state index is 0. The molecule has 0 unspecified atom stereocenters. The van der Waals surface area contributed by atoms with Crippen LogP contribution in [-0.2, 0) is 0 Å². The quantitative estimate of drug-likeness (QED) is 0.539. The molecule has 1 rings (SSSR count). The monoisotopic (exact) mass is 141 g/mol. The third-order valence-electron chi connectivity index (χ3n) is 1.48. The highest BCUT2D eigenvalue weighted by Crippen LogP contribution is 2.03. The third kappa shape index (κ3) is 1.79. The Kier molecular flexibility index (Phi) is 3.00. The van der Waals surface area contributed by atoms with Crippen molar-refractivity contribution in [2.45, 2.75) is 20.8 Å². The van der Waals surface area contributed by atoms with Gasteiger partial charge in [-0.25, -0.2) is 0 Å². The zero-order valence-electron chi connectivity index (χ0n) is 6.51. The van der Waals surface area contributed by atoms with Gasteiger partial charge in [0, 0.05) is 11.9 Å². The Hall–Kier alpha value is -0.920. The molecule has 1 nitrogen and oxygen atoms in total. The Morgan fingerprint density at radius 2 is 1.80 bits per heavy atom. The lowest BCUT2D eigenvalue weighted by atomic mass is 10.2. The molecule has 0 aliphatic heterocycles. The van der Waals surface area contributed by atoms with E-state index in [0.29, 0.717) is 0 Å². The molecule has 0 N–H and O–H groups in total. The summed E-state index contributed by atoms with van der Waals surface area (Å²) in [6, 6.07) is 2.14. The van der Waals surface area contributed by atoms with Crippen molar-refractivity contribution in [1.82, 2.24) is 4.98 Å². The van der Waals surface area contributed by atoms with Crippen molar-refractivity contribution in [2.24, 2.45) is 0 Å². The van der Waals surface area contributed by atoms with Crippen LogP contribution < -0.4 is 0 Å². The van der Waals surface area contributed by atoms with Crippen LogP contribution in [0.1, 0.15) is 16.8 Å². The highest BCUT2D eigenvalue weighted by molar-refractivity contribution is 5.21. The topological polar surface area (TPSA) is 12.9 Å². The SMILES string of the molecule is Cc1cnc(C)c(C)c1.F. The number of hydrogen-bond donors (Lipinski definition) is 0. The molecule has 0 atom stereocenters. The van der Waals surface area contributed by atoms with Gasteiger partial charge >= 0.3 is 0 Å². The number of hydrogen-bond acceptors (Lipinski definition) is 1. The summed E-state index contributed by atoms with van der Waals surface area (Å²) in [7, 11) is 0. The molecule has 0 radical (unpaired) electrons. The summed E-state index contributed by atoms with van der Waals surface area (Å²) in [6.07, 6.45) is 1.89. The molecule has 0 aliphatic carbocycles. The van der Waals surface area contributed by atoms with Crippen molar-refractivity contribution in [2.75, 3.05) is 0 Å². The van der Waals surface area contributed by atoms with E-state index in [1.807, 2.05) is 13.1 Å². The summed E-state index contributed by atoms with van der Waals surface area (Å²) >= 11 is 0. The largest absolute Gasteiger partial charge is 0.269 e. The second-order valence-corrected chi connectivity index (χ2v) is 2.41. The number of aromatic nitrogens is 1. The minimum Gasteiger partial charge on any atom is -0.269 e. The summed E-state index contributed by atoms with van der Waals surface area (Å²) < 4.78 is 0. The first-order chi connectivity index (χ1) is 4.20. The summed E-state index contributed by atoms with van der Waals surface area (Å²) in [5.41, 5.74) is 3.63. The molecule has 1 aromatic rings. The fourth-order valence-corrected chi connectivity index (χ4v) is 0.784. The van der Waals surface area contributed by atoms with Gasteiger partial charge in [0.1, 0.15) is 0 Å². The van der Waals surface area contributed by atoms with Crippen LogP contribution in [0.2, 0.25) is 0 Å². The molecule has 1 aromatic heterocycles. The molecule has 0 bridgehead atoms. The van der Waals surface area contributed by atoms with Gasteiger partial charge in [-0.2, -0.15) is 0 Å². The number of nitrogens with zero attached hydrogens (tertiary/aromatic N) is 1. The molecule has 56 valence electrons. The number of aryl methyl sites for hydroxylation is 3. The van der Waals surface area contributed by atoms with Gasteiger partial charge in [0.05, 0.1) is 0 Å². The van der Waals surface area contributed by atoms with E-state index in [4.69, 9.17) is 0 Å². The van der Waals surface area contributed by atoms with Crippen LogP contribution in [0.4, 0.5) is 4.70 Å². The standard InChI is InChI=1S/C8H11N.FH/c1-6-4-7(2)8(3)9-5-6;/h4-5H,1-3H3;1H. The van der Waals surface area contributed by atoms with E-state index < -0.39 is 0 Å². The maximum Gasteiger partial charge on any atom is 0.0401 e. The van der Waals surface area contributed by atoms with Crippen molar-refractivity contribution in [3.63, 3.8) is 0 Å². The van der Waals surface area contributed by atoms with Crippen LogP contribution in [0.5, 0.6) is 0 Å². The van der Waals surface area contributed by atoms with Crippen LogP contribution in [-0.4, -0.2) is 4.98 Å². The highest BCUT2D eigenvalue weighted by Gasteiger charge is 1.90. The number of rotatable bonds is 0. The lowest BCUT2D eigenvalue weighted by Crippen LogP contribution is -1.85. The minimum atomic E-state index is 0. The average Bonchev–Trinajstić information content (AvgIpc) is 1.80. The summed E-state index contributed by atoms with van der Waals surface area (Å²) in [6.45, 7) is 6.16. The van der Waals surface area contributed by atoms with Gasteiger partial charge in [-0.1, -0.05) is 6.07 Å². The lowest BCUT2D eigenvalue weighted by molar-refractivity contribution is 1.11. The van der Waals surface area contributed by atoms with Crippen molar-refractivity contribution >= 4 is 0 Å². The molecule has 0 saturated carbocycles. The van der Waals surface area contributed by atoms with E-state index in [-0.39, 0.29) is 4.70 Å². The van der Waals surface area contributed by atoms with Crippen LogP contribution in [0.3, 0.4) is 0 Å². The zero-order chi connectivity index (χ0) is 6.85. The first-order valence-corrected chi connectivity index (χ1v) is 3.10. The average molecular weight is 141 g/mol. The summed E-state index contributed by atoms with van der Waals surface area (Å²) in [5.74, 6) is 0. The van der Waals surface area contributed by atoms with Gasteiger partial charge in [-0.05, 0) is 31.9 Å². The molecular weight excluding hydrogens is 129 g/mol. The molecule has 0 saturated heterocycles. The Morgan fingerprint density at radius 3 is 2.20 bits per heavy atom. The first kappa shape index (κ1) is 9.08. The molecule has 0 spiro atoms. The Balaban J connectivity index is 0.000000810. The van der Waals surface area contributed by atoms with E-state index in [9.17, 15) is 0 Å². The smallest absolute Gasteiger partial charge is 0.0401 e. The lowest BCUT2D eigenvalue weighted by Gasteiger charge is -1.97. The van der Waals surface area contributed by atoms with Crippen molar-refractivity contribution in [1.29, 1.82) is 0 Å². The highest BCUT2D eigenvalue weighted by atomic mass is 19.0. The maximum atomic E-state index is 4.18. The van der Waals surface area contributed by atoms with Gasteiger partial charge in [-0.3, -0.25) is 9.69 Å². The Labute approximate surface area is 60.5 Å². The van der Waals surface area contributed by atoms with Crippen LogP contribution >= 0.6 is 0 Å². The molecule has 2 heteroatoms. The van der Waals surface area contributed by atoms with Gasteiger partial charge in [-0.15, -0.1) is 0 Å². The van der Waals surface area contributed by atoms with Crippen molar-refractivity contribution in [3.05, 3.63) is 29.1 Å². The fourth-order valence-electron chi connectivity index (χ4n) is 0.784. The van der Waals surface area contributed by atoms with E-state index in [2.05, 4.69) is 24.9 Å². The zero-order valence-corrected chi connectivity index (χ0v) is 6.51. The fraction of sp³-hybridized carbons (Fsp3) is 0.375. The Morgan fingerprint density at radius 1 is 1.20 bits per heavy atom. The van der Waals surface area contributed by atoms with E-state index >= 15 is 0 Å². The second kappa shape index (κ2) is 3.30. The van der Waals surface area contributed by atoms with Crippen molar-refractivity contribution < 1.29 is 4.70 Å². The normalized spacial score (nSPS) is 8.70. The predicted octanol–water partition coefficient (Wildman–Crippen LogP) is 2.16. The predicted molar refractivity (Wildman–Crippen MR) is 41.0 cm³/mol. The molecule has 0 fully saturated rings. The molecule has 10 heavy (non-hydrogen) atoms. The first-order valence-electron chi connectivity index (χ1n) is 3.10. The molecule has 1 heterocycles. The third-order valence-corrected chi connectivity index (χ3v) is 1.48. The number of pyridine rings is 1. The van der Waals surface area contributed by atoms with Gasteiger partial charge < -0.3 is 0 Å². The van der Waals surface area contributed by atoms with Gasteiger partial charge in [0.2, 0.25) is 0 Å². The van der Waals surface area contributed by atoms with E-state index in [1.54, 1.807) is 0 Å². The van der Waals surface area contributed by atoms with Gasteiger partial charge in [0.25, 0.3) is 0 Å². The van der Waals surface area contributed by atoms with Crippen LogP contribution in [0.15, 0.2) is 12.3 Å². The second-order valence-electron chi connectivity index (χ2n) is 2.41. The van der Waals surface area contributed by atoms with Crippen LogP contribution in [0.25, 0.3) is 0 Å². The summed E-state index contributed by atoms with van der Waals surface area (Å²) in [5, 5.41) is 0.